The summed E-state index contributed by atoms with van der Waals surface area (Å²) < 4.78 is 12.0. The van der Waals surface area contributed by atoms with Gasteiger partial charge in [0, 0.05) is 18.0 Å². The Hall–Kier alpha value is -5.24. The van der Waals surface area contributed by atoms with Gasteiger partial charge in [0.25, 0.3) is 0 Å². The smallest absolute Gasteiger partial charge is 0.218 e. The van der Waals surface area contributed by atoms with E-state index in [0.717, 1.165) is 33.5 Å². The van der Waals surface area contributed by atoms with E-state index in [1.807, 2.05) is 76.2 Å². The van der Waals surface area contributed by atoms with Gasteiger partial charge >= 0.3 is 0 Å². The first kappa shape index (κ1) is 27.6. The Labute approximate surface area is 256 Å². The highest BCUT2D eigenvalue weighted by molar-refractivity contribution is 5.96. The Morgan fingerprint density at radius 2 is 1.00 bits per heavy atom. The molecule has 0 saturated carbocycles. The maximum atomic E-state index is 5.99. The Morgan fingerprint density at radius 1 is 0.500 bits per heavy atom. The van der Waals surface area contributed by atoms with Crippen LogP contribution in [0.15, 0.2) is 107 Å². The molecule has 2 aliphatic heterocycles. The molecule has 0 N–H and O–H groups in total. The number of hydrogen-bond acceptors (Lipinski definition) is 8. The van der Waals surface area contributed by atoms with E-state index in [-0.39, 0.29) is 11.2 Å². The summed E-state index contributed by atoms with van der Waals surface area (Å²) in [5, 5.41) is 0. The molecule has 5 aromatic rings. The lowest BCUT2D eigenvalue weighted by Gasteiger charge is -2.17. The Bertz CT molecular complexity index is 1780. The lowest BCUT2D eigenvalue weighted by Crippen LogP contribution is -2.24. The van der Waals surface area contributed by atoms with Crippen LogP contribution in [-0.4, -0.2) is 56.0 Å². The van der Waals surface area contributed by atoms with Crippen molar-refractivity contribution >= 4 is 11.8 Å². The second-order valence-corrected chi connectivity index (χ2v) is 12.2. The van der Waals surface area contributed by atoms with E-state index >= 15 is 0 Å². The zero-order valence-corrected chi connectivity index (χ0v) is 25.2. The van der Waals surface area contributed by atoms with Gasteiger partial charge in [-0.1, -0.05) is 54.6 Å². The van der Waals surface area contributed by atoms with Crippen LogP contribution in [0.25, 0.3) is 45.3 Å². The van der Waals surface area contributed by atoms with Crippen LogP contribution < -0.4 is 0 Å². The molecule has 0 atom stereocenters. The number of rotatable bonds is 6. The number of nitrogens with zero attached hydrogens (tertiary/aromatic N) is 6. The first-order valence-corrected chi connectivity index (χ1v) is 14.7. The molecular weight excluding hydrogens is 548 g/mol. The van der Waals surface area contributed by atoms with Gasteiger partial charge in [-0.2, -0.15) is 0 Å². The van der Waals surface area contributed by atoms with Gasteiger partial charge in [0.15, 0.2) is 5.82 Å². The third-order valence-corrected chi connectivity index (χ3v) is 7.48. The van der Waals surface area contributed by atoms with Gasteiger partial charge in [0.05, 0.1) is 41.3 Å². The standard InChI is InChI=1S/C36H32N6O2/c1-35(2)21-39-33(43-35)26-14-16-28(37-19-26)31-18-30(25-12-10-24(11-13-25)23-8-6-5-7-9-23)41-32(42-31)29-17-15-27(20-38-29)34-40-22-36(3,4)44-34/h5-20H,21-22H2,1-4H3. The molecule has 0 radical (unpaired) electrons. The average molecular weight is 581 g/mol. The summed E-state index contributed by atoms with van der Waals surface area (Å²) in [5.41, 5.74) is 7.12. The van der Waals surface area contributed by atoms with Gasteiger partial charge in [-0.3, -0.25) is 9.97 Å². The molecule has 8 heteroatoms. The van der Waals surface area contributed by atoms with Crippen LogP contribution in [0, 0.1) is 0 Å². The van der Waals surface area contributed by atoms with Crippen LogP contribution in [0.1, 0.15) is 38.8 Å². The van der Waals surface area contributed by atoms with Crippen LogP contribution in [-0.2, 0) is 9.47 Å². The summed E-state index contributed by atoms with van der Waals surface area (Å²) in [6.07, 6.45) is 3.54. The molecule has 7 rings (SSSR count). The van der Waals surface area contributed by atoms with Crippen molar-refractivity contribution in [2.45, 2.75) is 38.9 Å². The van der Waals surface area contributed by atoms with Crippen LogP contribution in [0.2, 0.25) is 0 Å². The third kappa shape index (κ3) is 5.71. The molecular formula is C36H32N6O2. The van der Waals surface area contributed by atoms with Gasteiger partial charge in [0.2, 0.25) is 11.8 Å². The van der Waals surface area contributed by atoms with E-state index in [1.165, 1.54) is 0 Å². The van der Waals surface area contributed by atoms with Crippen LogP contribution >= 0.6 is 0 Å². The molecule has 0 fully saturated rings. The first-order chi connectivity index (χ1) is 21.2. The summed E-state index contributed by atoms with van der Waals surface area (Å²) in [6, 6.07) is 28.4. The Morgan fingerprint density at radius 3 is 1.52 bits per heavy atom. The minimum atomic E-state index is -0.314. The van der Waals surface area contributed by atoms with E-state index < -0.39 is 0 Å². The zero-order chi connectivity index (χ0) is 30.3. The van der Waals surface area contributed by atoms with Crippen molar-refractivity contribution in [2.75, 3.05) is 13.1 Å². The summed E-state index contributed by atoms with van der Waals surface area (Å²) in [7, 11) is 0. The molecule has 0 unspecified atom stereocenters. The van der Waals surface area contributed by atoms with Gasteiger partial charge < -0.3 is 9.47 Å². The lowest BCUT2D eigenvalue weighted by atomic mass is 10.0. The fraction of sp³-hybridized carbons (Fsp3) is 0.222. The molecule has 2 aromatic carbocycles. The number of aliphatic imine (C=N–C) groups is 2. The van der Waals surface area contributed by atoms with Gasteiger partial charge in [-0.25, -0.2) is 20.0 Å². The van der Waals surface area contributed by atoms with Crippen molar-refractivity contribution < 1.29 is 9.47 Å². The van der Waals surface area contributed by atoms with E-state index in [1.54, 1.807) is 12.4 Å². The molecule has 0 aliphatic carbocycles. The third-order valence-electron chi connectivity index (χ3n) is 7.48. The van der Waals surface area contributed by atoms with Crippen molar-refractivity contribution in [3.63, 3.8) is 0 Å². The molecule has 0 amide bonds. The van der Waals surface area contributed by atoms with Crippen LogP contribution in [0.3, 0.4) is 0 Å². The second kappa shape index (κ2) is 10.8. The predicted molar refractivity (Wildman–Crippen MR) is 173 cm³/mol. The van der Waals surface area contributed by atoms with Crippen molar-refractivity contribution in [2.24, 2.45) is 9.98 Å². The van der Waals surface area contributed by atoms with Gasteiger partial charge in [-0.15, -0.1) is 0 Å². The predicted octanol–water partition coefficient (Wildman–Crippen LogP) is 7.05. The molecule has 0 saturated heterocycles. The van der Waals surface area contributed by atoms with E-state index in [0.29, 0.717) is 47.8 Å². The summed E-state index contributed by atoms with van der Waals surface area (Å²) in [6.45, 7) is 9.33. The molecule has 3 aromatic heterocycles. The molecule has 218 valence electrons. The van der Waals surface area contributed by atoms with Gasteiger partial charge in [-0.05, 0) is 69.2 Å². The number of benzene rings is 2. The molecule has 44 heavy (non-hydrogen) atoms. The topological polar surface area (TPSA) is 94.7 Å². The highest BCUT2D eigenvalue weighted by atomic mass is 16.5. The maximum Gasteiger partial charge on any atom is 0.218 e. The molecule has 5 heterocycles. The van der Waals surface area contributed by atoms with E-state index in [9.17, 15) is 0 Å². The van der Waals surface area contributed by atoms with E-state index in [4.69, 9.17) is 29.4 Å². The number of ether oxygens (including phenoxy) is 2. The quantitative estimate of drug-likeness (QED) is 0.214. The SMILES string of the molecule is CC1(C)CN=C(c2ccc(-c3cc(-c4ccc(-c5ccccc5)cc4)nc(-c4ccc(C5=NCC(C)(C)O5)cn4)n3)nc2)O1. The first-order valence-electron chi connectivity index (χ1n) is 14.7. The fourth-order valence-electron chi connectivity index (χ4n) is 5.11. The Kier molecular flexibility index (Phi) is 6.77. The lowest BCUT2D eigenvalue weighted by molar-refractivity contribution is 0.131. The van der Waals surface area contributed by atoms with Gasteiger partial charge in [0.1, 0.15) is 16.9 Å². The molecule has 0 bridgehead atoms. The average Bonchev–Trinajstić information content (AvgIpc) is 3.62. The Balaban J connectivity index is 1.25. The number of pyridine rings is 2. The zero-order valence-electron chi connectivity index (χ0n) is 25.2. The largest absolute Gasteiger partial charge is 0.469 e. The maximum absolute atomic E-state index is 5.99. The van der Waals surface area contributed by atoms with Crippen LogP contribution in [0.4, 0.5) is 0 Å². The molecule has 2 aliphatic rings. The van der Waals surface area contributed by atoms with Crippen molar-refractivity contribution in [1.82, 2.24) is 19.9 Å². The number of hydrogen-bond donors (Lipinski definition) is 0. The molecule has 8 nitrogen and oxygen atoms in total. The second-order valence-electron chi connectivity index (χ2n) is 12.2. The summed E-state index contributed by atoms with van der Waals surface area (Å²) >= 11 is 0. The summed E-state index contributed by atoms with van der Waals surface area (Å²) in [5.74, 6) is 1.72. The monoisotopic (exact) mass is 580 g/mol. The van der Waals surface area contributed by atoms with Crippen molar-refractivity contribution in [3.05, 3.63) is 108 Å². The minimum absolute atomic E-state index is 0.310. The fourth-order valence-corrected chi connectivity index (χ4v) is 5.11. The minimum Gasteiger partial charge on any atom is -0.469 e. The highest BCUT2D eigenvalue weighted by Gasteiger charge is 2.29. The van der Waals surface area contributed by atoms with Crippen LogP contribution in [0.5, 0.6) is 0 Å². The highest BCUT2D eigenvalue weighted by Crippen LogP contribution is 2.29. The summed E-state index contributed by atoms with van der Waals surface area (Å²) in [4.78, 5) is 28.4. The number of aromatic nitrogens is 4. The normalized spacial score (nSPS) is 16.5. The van der Waals surface area contributed by atoms with Crippen molar-refractivity contribution in [1.29, 1.82) is 0 Å². The molecule has 0 spiro atoms. The van der Waals surface area contributed by atoms with Crippen molar-refractivity contribution in [3.8, 4) is 45.3 Å². The van der Waals surface area contributed by atoms with E-state index in [2.05, 4.69) is 46.4 Å².